The molecule has 0 radical (unpaired) electrons. The molecule has 0 bridgehead atoms. The highest BCUT2D eigenvalue weighted by atomic mass is 16.1. The van der Waals surface area contributed by atoms with E-state index in [4.69, 9.17) is 0 Å². The highest BCUT2D eigenvalue weighted by Crippen LogP contribution is 2.12. The van der Waals surface area contributed by atoms with Gasteiger partial charge in [0, 0.05) is 12.4 Å². The first-order valence-electron chi connectivity index (χ1n) is 4.90. The molecule has 4 heteroatoms. The third kappa shape index (κ3) is 2.23. The van der Waals surface area contributed by atoms with Gasteiger partial charge in [0.1, 0.15) is 5.69 Å². The normalized spacial score (nSPS) is 9.81. The Bertz CT molecular complexity index is 497. The number of rotatable bonds is 2. The van der Waals surface area contributed by atoms with Crippen LogP contribution in [-0.4, -0.2) is 15.9 Å². The molecule has 4 nitrogen and oxygen atoms in total. The van der Waals surface area contributed by atoms with Gasteiger partial charge >= 0.3 is 0 Å². The van der Waals surface area contributed by atoms with E-state index in [-0.39, 0.29) is 5.91 Å². The maximum absolute atomic E-state index is 11.8. The molecule has 2 rings (SSSR count). The van der Waals surface area contributed by atoms with Crippen LogP contribution in [0.25, 0.3) is 0 Å². The minimum Gasteiger partial charge on any atom is -0.319 e. The van der Waals surface area contributed by atoms with Crippen molar-refractivity contribution in [1.29, 1.82) is 0 Å². The van der Waals surface area contributed by atoms with Gasteiger partial charge < -0.3 is 5.32 Å². The molecule has 80 valence electrons. The molecule has 0 aliphatic carbocycles. The monoisotopic (exact) mass is 213 g/mol. The number of pyridine rings is 2. The van der Waals surface area contributed by atoms with Crippen LogP contribution in [0.2, 0.25) is 0 Å². The summed E-state index contributed by atoms with van der Waals surface area (Å²) >= 11 is 0. The van der Waals surface area contributed by atoms with E-state index in [0.29, 0.717) is 11.4 Å². The van der Waals surface area contributed by atoms with Crippen molar-refractivity contribution in [3.63, 3.8) is 0 Å². The Morgan fingerprint density at radius 3 is 2.81 bits per heavy atom. The van der Waals surface area contributed by atoms with Crippen molar-refractivity contribution in [3.05, 3.63) is 54.1 Å². The predicted molar refractivity (Wildman–Crippen MR) is 61.2 cm³/mol. The van der Waals surface area contributed by atoms with E-state index in [1.807, 2.05) is 13.0 Å². The van der Waals surface area contributed by atoms with E-state index < -0.39 is 0 Å². The van der Waals surface area contributed by atoms with Crippen LogP contribution in [0.1, 0.15) is 16.1 Å². The topological polar surface area (TPSA) is 54.9 Å². The molecule has 0 unspecified atom stereocenters. The maximum atomic E-state index is 11.8. The van der Waals surface area contributed by atoms with E-state index in [1.54, 1.807) is 36.8 Å². The third-order valence-electron chi connectivity index (χ3n) is 2.18. The number of hydrogen-bond donors (Lipinski definition) is 1. The summed E-state index contributed by atoms with van der Waals surface area (Å²) in [5, 5.41) is 2.76. The van der Waals surface area contributed by atoms with Crippen LogP contribution in [0.15, 0.2) is 42.9 Å². The highest BCUT2D eigenvalue weighted by molar-refractivity contribution is 6.03. The fourth-order valence-electron chi connectivity index (χ4n) is 1.28. The van der Waals surface area contributed by atoms with Gasteiger partial charge in [0.2, 0.25) is 0 Å². The van der Waals surface area contributed by atoms with Crippen LogP contribution >= 0.6 is 0 Å². The Labute approximate surface area is 93.4 Å². The van der Waals surface area contributed by atoms with E-state index in [2.05, 4.69) is 15.3 Å². The number of nitrogens with one attached hydrogen (secondary N) is 1. The van der Waals surface area contributed by atoms with Gasteiger partial charge in [0.05, 0.1) is 11.9 Å². The van der Waals surface area contributed by atoms with Crippen LogP contribution in [-0.2, 0) is 0 Å². The van der Waals surface area contributed by atoms with Gasteiger partial charge in [0.25, 0.3) is 5.91 Å². The minimum atomic E-state index is -0.225. The van der Waals surface area contributed by atoms with Crippen LogP contribution in [0.5, 0.6) is 0 Å². The summed E-state index contributed by atoms with van der Waals surface area (Å²) in [6.07, 6.45) is 4.90. The van der Waals surface area contributed by atoms with E-state index in [1.165, 1.54) is 0 Å². The molecule has 2 aromatic rings. The molecular formula is C12H11N3O. The first-order valence-corrected chi connectivity index (χ1v) is 4.90. The van der Waals surface area contributed by atoms with Crippen LogP contribution < -0.4 is 5.32 Å². The number of aromatic nitrogens is 2. The number of carbonyl (C=O) groups is 1. The number of nitrogens with zero attached hydrogens (tertiary/aromatic N) is 2. The quantitative estimate of drug-likeness (QED) is 0.830. The largest absolute Gasteiger partial charge is 0.319 e. The second-order valence-corrected chi connectivity index (χ2v) is 3.36. The van der Waals surface area contributed by atoms with Gasteiger partial charge in [-0.3, -0.25) is 14.8 Å². The summed E-state index contributed by atoms with van der Waals surface area (Å²) in [4.78, 5) is 19.7. The summed E-state index contributed by atoms with van der Waals surface area (Å²) in [5.41, 5.74) is 2.07. The lowest BCUT2D eigenvalue weighted by atomic mass is 10.2. The molecule has 0 aliphatic rings. The zero-order chi connectivity index (χ0) is 11.4. The van der Waals surface area contributed by atoms with Crippen LogP contribution in [0.3, 0.4) is 0 Å². The molecule has 1 N–H and O–H groups in total. The summed E-state index contributed by atoms with van der Waals surface area (Å²) in [6.45, 7) is 1.91. The first-order chi connectivity index (χ1) is 7.77. The van der Waals surface area contributed by atoms with Gasteiger partial charge in [-0.15, -0.1) is 0 Å². The van der Waals surface area contributed by atoms with Gasteiger partial charge in [0.15, 0.2) is 0 Å². The maximum Gasteiger partial charge on any atom is 0.274 e. The smallest absolute Gasteiger partial charge is 0.274 e. The Hall–Kier alpha value is -2.23. The van der Waals surface area contributed by atoms with Crippen molar-refractivity contribution < 1.29 is 4.79 Å². The summed E-state index contributed by atoms with van der Waals surface area (Å²) in [6, 6.07) is 7.05. The Kier molecular flexibility index (Phi) is 2.91. The van der Waals surface area contributed by atoms with Crippen LogP contribution in [0, 0.1) is 6.92 Å². The number of anilines is 1. The molecule has 1 amide bonds. The molecule has 2 heterocycles. The third-order valence-corrected chi connectivity index (χ3v) is 2.18. The zero-order valence-corrected chi connectivity index (χ0v) is 8.84. The predicted octanol–water partition coefficient (Wildman–Crippen LogP) is 2.04. The second kappa shape index (κ2) is 4.53. The SMILES string of the molecule is Cc1ccncc1NC(=O)c1ccccn1. The summed E-state index contributed by atoms with van der Waals surface area (Å²) < 4.78 is 0. The molecule has 0 atom stereocenters. The van der Waals surface area contributed by atoms with Crippen LogP contribution in [0.4, 0.5) is 5.69 Å². The Balaban J connectivity index is 2.18. The second-order valence-electron chi connectivity index (χ2n) is 3.36. The first kappa shape index (κ1) is 10.3. The van der Waals surface area contributed by atoms with Crippen molar-refractivity contribution >= 4 is 11.6 Å². The van der Waals surface area contributed by atoms with E-state index >= 15 is 0 Å². The molecule has 0 fully saturated rings. The fourth-order valence-corrected chi connectivity index (χ4v) is 1.28. The van der Waals surface area contributed by atoms with Gasteiger partial charge in [-0.1, -0.05) is 6.07 Å². The van der Waals surface area contributed by atoms with E-state index in [9.17, 15) is 4.79 Å². The van der Waals surface area contributed by atoms with E-state index in [0.717, 1.165) is 5.56 Å². The molecule has 2 aromatic heterocycles. The fraction of sp³-hybridized carbons (Fsp3) is 0.0833. The van der Waals surface area contributed by atoms with Gasteiger partial charge in [-0.05, 0) is 30.7 Å². The minimum absolute atomic E-state index is 0.225. The lowest BCUT2D eigenvalue weighted by molar-refractivity contribution is 0.102. The van der Waals surface area contributed by atoms with Crippen molar-refractivity contribution in [1.82, 2.24) is 9.97 Å². The van der Waals surface area contributed by atoms with Crippen molar-refractivity contribution in [2.24, 2.45) is 0 Å². The average Bonchev–Trinajstić information content (AvgIpc) is 2.33. The molecule has 0 saturated carbocycles. The Morgan fingerprint density at radius 2 is 2.12 bits per heavy atom. The molecule has 16 heavy (non-hydrogen) atoms. The number of amides is 1. The lowest BCUT2D eigenvalue weighted by Gasteiger charge is -2.06. The highest BCUT2D eigenvalue weighted by Gasteiger charge is 2.07. The van der Waals surface area contributed by atoms with Gasteiger partial charge in [-0.25, -0.2) is 0 Å². The van der Waals surface area contributed by atoms with Crippen molar-refractivity contribution in [3.8, 4) is 0 Å². The summed E-state index contributed by atoms with van der Waals surface area (Å²) in [7, 11) is 0. The lowest BCUT2D eigenvalue weighted by Crippen LogP contribution is -2.14. The number of carbonyl (C=O) groups excluding carboxylic acids is 1. The Morgan fingerprint density at radius 1 is 1.25 bits per heavy atom. The number of aryl methyl sites for hydroxylation is 1. The zero-order valence-electron chi connectivity index (χ0n) is 8.84. The standard InChI is InChI=1S/C12H11N3O/c1-9-5-7-13-8-11(9)15-12(16)10-4-2-3-6-14-10/h2-8H,1H3,(H,15,16). The molecule has 0 saturated heterocycles. The average molecular weight is 213 g/mol. The molecular weight excluding hydrogens is 202 g/mol. The molecule has 0 spiro atoms. The number of hydrogen-bond acceptors (Lipinski definition) is 3. The molecule has 0 aliphatic heterocycles. The molecule has 0 aromatic carbocycles. The van der Waals surface area contributed by atoms with Crippen molar-refractivity contribution in [2.45, 2.75) is 6.92 Å². The van der Waals surface area contributed by atoms with Gasteiger partial charge in [-0.2, -0.15) is 0 Å². The summed E-state index contributed by atoms with van der Waals surface area (Å²) in [5.74, 6) is -0.225. The van der Waals surface area contributed by atoms with Crippen molar-refractivity contribution in [2.75, 3.05) is 5.32 Å².